The second-order valence-electron chi connectivity index (χ2n) is 4.91. The summed E-state index contributed by atoms with van der Waals surface area (Å²) in [6, 6.07) is 8.02. The zero-order valence-corrected chi connectivity index (χ0v) is 13.0. The quantitative estimate of drug-likeness (QED) is 0.198. The fourth-order valence-corrected chi connectivity index (χ4v) is 2.05. The molecule has 0 aliphatic rings. The molecule has 6 nitrogen and oxygen atoms in total. The Kier molecular flexibility index (Phi) is 7.35. The molecular weight excluding hydrogens is 373 g/mol. The predicted octanol–water partition coefficient (Wildman–Crippen LogP) is 3.77. The van der Waals surface area contributed by atoms with Gasteiger partial charge in [-0.1, -0.05) is 7.43 Å². The Hall–Kier alpha value is -3.08. The van der Waals surface area contributed by atoms with Gasteiger partial charge in [-0.25, -0.2) is 11.4 Å². The number of hydrazine groups is 1. The molecule has 6 N–H and O–H groups in total. The number of nitrogens with zero attached hydrogens (tertiary/aromatic N) is 1. The molecule has 0 fully saturated rings. The van der Waals surface area contributed by atoms with E-state index in [2.05, 4.69) is 15.2 Å². The molecule has 0 unspecified atom stereocenters. The van der Waals surface area contributed by atoms with Crippen molar-refractivity contribution in [1.29, 1.82) is 0 Å². The summed E-state index contributed by atoms with van der Waals surface area (Å²) in [7, 11) is 0. The van der Waals surface area contributed by atoms with Crippen molar-refractivity contribution >= 4 is 17.2 Å². The molecule has 11 heteroatoms. The normalized spacial score (nSPS) is 11.7. The Morgan fingerprint density at radius 3 is 2.22 bits per heavy atom. The second kappa shape index (κ2) is 9.03. The highest BCUT2D eigenvalue weighted by Gasteiger charge is 2.29. The summed E-state index contributed by atoms with van der Waals surface area (Å²) in [5.74, 6) is 4.72. The number of rotatable bonds is 6. The molecule has 0 saturated carbocycles. The van der Waals surface area contributed by atoms with Crippen LogP contribution in [0.15, 0.2) is 47.6 Å². The third-order valence-corrected chi connectivity index (χ3v) is 3.17. The summed E-state index contributed by atoms with van der Waals surface area (Å²) in [4.78, 5) is 0. The van der Waals surface area contributed by atoms with Gasteiger partial charge in [-0.2, -0.15) is 22.0 Å². The first-order valence-electron chi connectivity index (χ1n) is 7.03. The molecule has 0 spiro atoms. The molecule has 0 bridgehead atoms. The summed E-state index contributed by atoms with van der Waals surface area (Å²) < 4.78 is 66.8. The molecule has 0 aliphatic heterocycles. The SMILES string of the molecule is C.NN/N=C(\N)c1cc(OC(F)F)ccc1Nc1ccc(C(F)(F)F)cc1. The number of nitrogens with one attached hydrogen (secondary N) is 2. The Morgan fingerprint density at radius 1 is 1.07 bits per heavy atom. The summed E-state index contributed by atoms with van der Waals surface area (Å²) >= 11 is 0. The molecular formula is C16H18F5N5O. The van der Waals surface area contributed by atoms with Gasteiger partial charge < -0.3 is 15.8 Å². The van der Waals surface area contributed by atoms with Gasteiger partial charge in [-0.15, -0.1) is 5.10 Å². The van der Waals surface area contributed by atoms with E-state index in [1.54, 1.807) is 0 Å². The molecule has 27 heavy (non-hydrogen) atoms. The maximum atomic E-state index is 12.6. The average Bonchev–Trinajstić information content (AvgIpc) is 2.55. The van der Waals surface area contributed by atoms with Crippen molar-refractivity contribution in [1.82, 2.24) is 5.53 Å². The van der Waals surface area contributed by atoms with Crippen LogP contribution in [0.25, 0.3) is 0 Å². The summed E-state index contributed by atoms with van der Waals surface area (Å²) in [5.41, 5.74) is 7.63. The van der Waals surface area contributed by atoms with Crippen LogP contribution in [-0.2, 0) is 6.18 Å². The van der Waals surface area contributed by atoms with E-state index in [1.807, 2.05) is 5.53 Å². The van der Waals surface area contributed by atoms with Gasteiger partial charge in [-0.05, 0) is 42.5 Å². The highest BCUT2D eigenvalue weighted by molar-refractivity contribution is 6.03. The number of hydrogen-bond acceptors (Lipinski definition) is 5. The lowest BCUT2D eigenvalue weighted by Gasteiger charge is -2.14. The zero-order valence-electron chi connectivity index (χ0n) is 13.0. The Morgan fingerprint density at radius 2 is 1.70 bits per heavy atom. The predicted molar refractivity (Wildman–Crippen MR) is 92.6 cm³/mol. The largest absolute Gasteiger partial charge is 0.435 e. The minimum Gasteiger partial charge on any atom is -0.435 e. The van der Waals surface area contributed by atoms with E-state index < -0.39 is 18.4 Å². The molecule has 2 rings (SSSR count). The molecule has 0 atom stereocenters. The zero-order chi connectivity index (χ0) is 19.3. The van der Waals surface area contributed by atoms with Gasteiger partial charge in [0, 0.05) is 16.9 Å². The number of benzene rings is 2. The molecule has 0 aliphatic carbocycles. The van der Waals surface area contributed by atoms with E-state index in [1.165, 1.54) is 30.3 Å². The van der Waals surface area contributed by atoms with Crippen LogP contribution >= 0.6 is 0 Å². The number of nitrogens with two attached hydrogens (primary N) is 2. The molecule has 0 heterocycles. The number of amidine groups is 1. The fraction of sp³-hybridized carbons (Fsp3) is 0.188. The Balaban J connectivity index is 0.00000364. The first-order chi connectivity index (χ1) is 12.2. The highest BCUT2D eigenvalue weighted by atomic mass is 19.4. The van der Waals surface area contributed by atoms with Crippen molar-refractivity contribution in [2.45, 2.75) is 20.2 Å². The van der Waals surface area contributed by atoms with Crippen LogP contribution in [-0.4, -0.2) is 12.4 Å². The van der Waals surface area contributed by atoms with Crippen LogP contribution in [0.3, 0.4) is 0 Å². The van der Waals surface area contributed by atoms with Crippen molar-refractivity contribution < 1.29 is 26.7 Å². The first-order valence-corrected chi connectivity index (χ1v) is 7.03. The summed E-state index contributed by atoms with van der Waals surface area (Å²) in [6.07, 6.45) is -4.46. The minimum absolute atomic E-state index is 0. The monoisotopic (exact) mass is 391 g/mol. The number of hydrazone groups is 1. The minimum atomic E-state index is -4.46. The number of ether oxygens (including phenoxy) is 1. The second-order valence-corrected chi connectivity index (χ2v) is 4.91. The molecule has 2 aromatic carbocycles. The topological polar surface area (TPSA) is 97.7 Å². The maximum Gasteiger partial charge on any atom is 0.416 e. The van der Waals surface area contributed by atoms with E-state index in [-0.39, 0.29) is 24.6 Å². The average molecular weight is 391 g/mol. The van der Waals surface area contributed by atoms with E-state index in [0.717, 1.165) is 12.1 Å². The van der Waals surface area contributed by atoms with Gasteiger partial charge in [-0.3, -0.25) is 0 Å². The van der Waals surface area contributed by atoms with E-state index in [4.69, 9.17) is 11.6 Å². The number of hydrogen-bond donors (Lipinski definition) is 4. The summed E-state index contributed by atoms with van der Waals surface area (Å²) in [5, 5.41) is 6.39. The third kappa shape index (κ3) is 5.99. The molecule has 148 valence electrons. The number of halogens is 5. The first kappa shape index (κ1) is 22.0. The Bertz CT molecular complexity index is 778. The molecule has 0 amide bonds. The van der Waals surface area contributed by atoms with Crippen LogP contribution in [0.5, 0.6) is 5.75 Å². The third-order valence-electron chi connectivity index (χ3n) is 3.17. The lowest BCUT2D eigenvalue weighted by Crippen LogP contribution is -2.23. The van der Waals surface area contributed by atoms with Crippen LogP contribution in [0.2, 0.25) is 0 Å². The molecule has 0 aromatic heterocycles. The highest BCUT2D eigenvalue weighted by Crippen LogP contribution is 2.31. The Labute approximate surface area is 152 Å². The standard InChI is InChI=1S/C15H14F5N5O.CH4/c16-14(17)26-10-5-6-12(11(7-10)13(21)24-25-22)23-9-3-1-8(2-4-9)15(18,19)20;/h1-7,14,23,25H,22H2,(H2,21,24);1H4. The fourth-order valence-electron chi connectivity index (χ4n) is 2.05. The van der Waals surface area contributed by atoms with Crippen molar-refractivity contribution in [2.75, 3.05) is 5.32 Å². The van der Waals surface area contributed by atoms with Gasteiger partial charge in [0.15, 0.2) is 5.84 Å². The number of anilines is 2. The molecule has 0 saturated heterocycles. The van der Waals surface area contributed by atoms with Crippen molar-refractivity contribution in [3.8, 4) is 5.75 Å². The van der Waals surface area contributed by atoms with Crippen molar-refractivity contribution in [2.24, 2.45) is 16.7 Å². The van der Waals surface area contributed by atoms with Gasteiger partial charge in [0.25, 0.3) is 0 Å². The molecule has 0 radical (unpaired) electrons. The smallest absolute Gasteiger partial charge is 0.416 e. The molecule has 2 aromatic rings. The van der Waals surface area contributed by atoms with E-state index >= 15 is 0 Å². The van der Waals surface area contributed by atoms with Gasteiger partial charge in [0.2, 0.25) is 0 Å². The van der Waals surface area contributed by atoms with Gasteiger partial charge >= 0.3 is 12.8 Å². The van der Waals surface area contributed by atoms with Crippen LogP contribution in [0.1, 0.15) is 18.6 Å². The van der Waals surface area contributed by atoms with Crippen LogP contribution < -0.4 is 27.2 Å². The van der Waals surface area contributed by atoms with Gasteiger partial charge in [0.05, 0.1) is 5.56 Å². The van der Waals surface area contributed by atoms with Crippen LogP contribution in [0.4, 0.5) is 33.3 Å². The lowest BCUT2D eigenvalue weighted by atomic mass is 10.1. The van der Waals surface area contributed by atoms with Crippen molar-refractivity contribution in [3.63, 3.8) is 0 Å². The lowest BCUT2D eigenvalue weighted by molar-refractivity contribution is -0.137. The number of alkyl halides is 5. The van der Waals surface area contributed by atoms with Crippen molar-refractivity contribution in [3.05, 3.63) is 53.6 Å². The van der Waals surface area contributed by atoms with Crippen LogP contribution in [0, 0.1) is 0 Å². The van der Waals surface area contributed by atoms with E-state index in [9.17, 15) is 22.0 Å². The summed E-state index contributed by atoms with van der Waals surface area (Å²) in [6.45, 7) is -3.04. The maximum absolute atomic E-state index is 12.6. The van der Waals surface area contributed by atoms with Gasteiger partial charge in [0.1, 0.15) is 5.75 Å². The van der Waals surface area contributed by atoms with E-state index in [0.29, 0.717) is 11.4 Å².